The molecule has 0 spiro atoms. The van der Waals surface area contributed by atoms with Gasteiger partial charge in [0.1, 0.15) is 10.6 Å². The summed E-state index contributed by atoms with van der Waals surface area (Å²) in [4.78, 5) is 8.76. The van der Waals surface area contributed by atoms with Gasteiger partial charge in [0.2, 0.25) is 5.95 Å². The van der Waals surface area contributed by atoms with Crippen molar-refractivity contribution in [3.63, 3.8) is 0 Å². The number of methoxy groups -OCH3 is 1. The van der Waals surface area contributed by atoms with E-state index in [2.05, 4.69) is 30.6 Å². The van der Waals surface area contributed by atoms with Gasteiger partial charge in [-0.25, -0.2) is 23.1 Å². The minimum absolute atomic E-state index is 0.0472. The number of sulfonamides is 1. The van der Waals surface area contributed by atoms with Crippen molar-refractivity contribution in [2.75, 3.05) is 11.8 Å². The Kier molecular flexibility index (Phi) is 5.02. The Balaban J connectivity index is 1.99. The summed E-state index contributed by atoms with van der Waals surface area (Å²) in [6.07, 6.45) is 2.90. The normalized spacial score (nSPS) is 14.4. The second kappa shape index (κ2) is 6.92. The molecule has 0 aliphatic heterocycles. The first kappa shape index (κ1) is 18.1. The summed E-state index contributed by atoms with van der Waals surface area (Å²) >= 11 is 3.37. The second-order valence-electron chi connectivity index (χ2n) is 6.09. The lowest BCUT2D eigenvalue weighted by Gasteiger charge is -2.13. The van der Waals surface area contributed by atoms with Crippen LogP contribution >= 0.6 is 15.9 Å². The molecule has 0 bridgehead atoms. The molecule has 1 aliphatic carbocycles. The molecular formula is C17H20BrN3O3S. The van der Waals surface area contributed by atoms with Crippen LogP contribution in [0.4, 0.5) is 5.95 Å². The Labute approximate surface area is 156 Å². The van der Waals surface area contributed by atoms with Crippen molar-refractivity contribution in [2.45, 2.75) is 43.9 Å². The van der Waals surface area contributed by atoms with E-state index in [9.17, 15) is 8.42 Å². The number of hydrogen-bond acceptors (Lipinski definition) is 5. The largest absolute Gasteiger partial charge is 0.495 e. The van der Waals surface area contributed by atoms with Crippen LogP contribution in [0.5, 0.6) is 5.75 Å². The topological polar surface area (TPSA) is 81.2 Å². The van der Waals surface area contributed by atoms with Gasteiger partial charge in [0.05, 0.1) is 7.11 Å². The quantitative estimate of drug-likeness (QED) is 0.760. The van der Waals surface area contributed by atoms with Crippen LogP contribution in [0.3, 0.4) is 0 Å². The highest BCUT2D eigenvalue weighted by Gasteiger charge is 2.27. The van der Waals surface area contributed by atoms with Crippen molar-refractivity contribution in [1.29, 1.82) is 0 Å². The maximum absolute atomic E-state index is 12.8. The molecule has 8 heteroatoms. The van der Waals surface area contributed by atoms with E-state index in [0.29, 0.717) is 10.4 Å². The summed E-state index contributed by atoms with van der Waals surface area (Å²) in [7, 11) is -2.43. The molecule has 0 radical (unpaired) electrons. The number of halogens is 1. The number of benzene rings is 1. The number of anilines is 1. The fourth-order valence-corrected chi connectivity index (χ4v) is 4.13. The van der Waals surface area contributed by atoms with Crippen LogP contribution in [0.1, 0.15) is 42.6 Å². The van der Waals surface area contributed by atoms with Gasteiger partial charge in [-0.1, -0.05) is 22.9 Å². The molecule has 6 nitrogen and oxygen atoms in total. The molecule has 2 aromatic rings. The maximum Gasteiger partial charge on any atom is 0.267 e. The third-order valence-corrected chi connectivity index (χ3v) is 6.32. The van der Waals surface area contributed by atoms with Crippen molar-refractivity contribution in [2.24, 2.45) is 0 Å². The van der Waals surface area contributed by atoms with Crippen molar-refractivity contribution < 1.29 is 13.2 Å². The van der Waals surface area contributed by atoms with Gasteiger partial charge in [-0.05, 0) is 49.9 Å². The zero-order chi connectivity index (χ0) is 18.2. The third-order valence-electron chi connectivity index (χ3n) is 4.12. The van der Waals surface area contributed by atoms with E-state index in [1.54, 1.807) is 6.07 Å². The lowest BCUT2D eigenvalue weighted by molar-refractivity contribution is 0.402. The maximum atomic E-state index is 12.8. The Hall–Kier alpha value is -1.67. The lowest BCUT2D eigenvalue weighted by Crippen LogP contribution is -2.17. The van der Waals surface area contributed by atoms with Crippen LogP contribution in [-0.4, -0.2) is 25.5 Å². The number of aromatic nitrogens is 2. The molecular weight excluding hydrogens is 406 g/mol. The highest BCUT2D eigenvalue weighted by molar-refractivity contribution is 9.10. The van der Waals surface area contributed by atoms with Crippen molar-refractivity contribution in [3.8, 4) is 5.75 Å². The molecule has 1 heterocycles. The van der Waals surface area contributed by atoms with Crippen LogP contribution in [0.25, 0.3) is 0 Å². The summed E-state index contributed by atoms with van der Waals surface area (Å²) in [6, 6.07) is 5.16. The molecule has 0 unspecified atom stereocenters. The highest BCUT2D eigenvalue weighted by atomic mass is 79.9. The van der Waals surface area contributed by atoms with E-state index in [1.165, 1.54) is 13.2 Å². The fourth-order valence-electron chi connectivity index (χ4n) is 2.52. The van der Waals surface area contributed by atoms with Crippen LogP contribution in [0.15, 0.2) is 27.6 Å². The predicted molar refractivity (Wildman–Crippen MR) is 99.6 cm³/mol. The third kappa shape index (κ3) is 3.95. The molecule has 0 saturated heterocycles. The number of nitrogens with zero attached hydrogens (tertiary/aromatic N) is 2. The zero-order valence-corrected chi connectivity index (χ0v) is 16.7. The molecule has 3 rings (SSSR count). The smallest absolute Gasteiger partial charge is 0.267 e. The number of rotatable bonds is 6. The highest BCUT2D eigenvalue weighted by Crippen LogP contribution is 2.39. The fraction of sp³-hybridized carbons (Fsp3) is 0.412. The van der Waals surface area contributed by atoms with Gasteiger partial charge in [0, 0.05) is 21.8 Å². The van der Waals surface area contributed by atoms with E-state index in [1.807, 2.05) is 19.9 Å². The number of nitrogens with one attached hydrogen (secondary N) is 1. The standard InChI is InChI=1S/C17H20BrN3O3S/c1-4-12-8-14(11-5-6-11)20-17(19-12)21-25(22,23)16-9-13(18)10(2)7-15(16)24-3/h7-9,11H,4-6H2,1-3H3,(H,19,20,21). The van der Waals surface area contributed by atoms with Crippen molar-refractivity contribution in [1.82, 2.24) is 9.97 Å². The summed E-state index contributed by atoms with van der Waals surface area (Å²) < 4.78 is 34.1. The Bertz CT molecular complexity index is 912. The summed E-state index contributed by atoms with van der Waals surface area (Å²) in [5.41, 5.74) is 2.62. The molecule has 1 fully saturated rings. The molecule has 1 N–H and O–H groups in total. The minimum atomic E-state index is -3.87. The van der Waals surface area contributed by atoms with Gasteiger partial charge < -0.3 is 4.74 Å². The lowest BCUT2D eigenvalue weighted by atomic mass is 10.2. The number of aryl methyl sites for hydroxylation is 2. The average molecular weight is 426 g/mol. The summed E-state index contributed by atoms with van der Waals surface area (Å²) in [5, 5.41) is 0. The van der Waals surface area contributed by atoms with E-state index in [-0.39, 0.29) is 16.6 Å². The van der Waals surface area contributed by atoms with E-state index in [0.717, 1.165) is 36.2 Å². The second-order valence-corrected chi connectivity index (χ2v) is 8.60. The van der Waals surface area contributed by atoms with E-state index in [4.69, 9.17) is 4.74 Å². The van der Waals surface area contributed by atoms with Gasteiger partial charge in [0.15, 0.2) is 0 Å². The van der Waals surface area contributed by atoms with Gasteiger partial charge in [0.25, 0.3) is 10.0 Å². The van der Waals surface area contributed by atoms with Crippen molar-refractivity contribution >= 4 is 31.9 Å². The number of hydrogen-bond donors (Lipinski definition) is 1. The Morgan fingerprint density at radius 3 is 2.60 bits per heavy atom. The van der Waals surface area contributed by atoms with Gasteiger partial charge in [-0.2, -0.15) is 0 Å². The van der Waals surface area contributed by atoms with Crippen LogP contribution in [0, 0.1) is 6.92 Å². The monoisotopic (exact) mass is 425 g/mol. The van der Waals surface area contributed by atoms with Gasteiger partial charge >= 0.3 is 0 Å². The summed E-state index contributed by atoms with van der Waals surface area (Å²) in [6.45, 7) is 3.85. The summed E-state index contributed by atoms with van der Waals surface area (Å²) in [5.74, 6) is 0.807. The van der Waals surface area contributed by atoms with Crippen LogP contribution in [0.2, 0.25) is 0 Å². The van der Waals surface area contributed by atoms with Gasteiger partial charge in [-0.3, -0.25) is 0 Å². The zero-order valence-electron chi connectivity index (χ0n) is 14.3. The van der Waals surface area contributed by atoms with Crippen LogP contribution < -0.4 is 9.46 Å². The molecule has 1 aromatic heterocycles. The minimum Gasteiger partial charge on any atom is -0.495 e. The van der Waals surface area contributed by atoms with E-state index >= 15 is 0 Å². The average Bonchev–Trinajstić information content (AvgIpc) is 3.41. The van der Waals surface area contributed by atoms with Crippen LogP contribution in [-0.2, 0) is 16.4 Å². The molecule has 1 saturated carbocycles. The molecule has 0 atom stereocenters. The number of ether oxygens (including phenoxy) is 1. The first-order valence-corrected chi connectivity index (χ1v) is 10.4. The van der Waals surface area contributed by atoms with E-state index < -0.39 is 10.0 Å². The molecule has 1 aliphatic rings. The first-order valence-electron chi connectivity index (χ1n) is 8.09. The SMILES string of the molecule is CCc1cc(C2CC2)nc(NS(=O)(=O)c2cc(Br)c(C)cc2OC)n1. The molecule has 0 amide bonds. The Morgan fingerprint density at radius 2 is 2.00 bits per heavy atom. The van der Waals surface area contributed by atoms with Gasteiger partial charge in [-0.15, -0.1) is 0 Å². The molecule has 25 heavy (non-hydrogen) atoms. The Morgan fingerprint density at radius 1 is 1.28 bits per heavy atom. The van der Waals surface area contributed by atoms with Crippen molar-refractivity contribution in [3.05, 3.63) is 39.6 Å². The molecule has 134 valence electrons. The predicted octanol–water partition coefficient (Wildman–Crippen LogP) is 3.80. The molecule has 1 aromatic carbocycles. The first-order chi connectivity index (χ1) is 11.8.